The molecule has 1 aliphatic rings. The van der Waals surface area contributed by atoms with Gasteiger partial charge in [-0.1, -0.05) is 36.4 Å². The van der Waals surface area contributed by atoms with E-state index >= 15 is 0 Å². The van der Waals surface area contributed by atoms with Crippen molar-refractivity contribution in [1.29, 1.82) is 0 Å². The van der Waals surface area contributed by atoms with Crippen LogP contribution in [-0.2, 0) is 4.79 Å². The highest BCUT2D eigenvalue weighted by Crippen LogP contribution is 2.23. The predicted molar refractivity (Wildman–Crippen MR) is 127 cm³/mol. The van der Waals surface area contributed by atoms with Gasteiger partial charge in [0.05, 0.1) is 12.2 Å². The number of carbonyl (C=O) groups excluding carboxylic acids is 1. The van der Waals surface area contributed by atoms with E-state index in [1.807, 2.05) is 54.6 Å². The van der Waals surface area contributed by atoms with Gasteiger partial charge in [0.1, 0.15) is 12.4 Å². The zero-order valence-electron chi connectivity index (χ0n) is 18.8. The third kappa shape index (κ3) is 5.63. The van der Waals surface area contributed by atoms with Gasteiger partial charge in [0.15, 0.2) is 5.82 Å². The van der Waals surface area contributed by atoms with Crippen molar-refractivity contribution in [2.75, 3.05) is 31.1 Å². The number of nitrogens with one attached hydrogen (secondary N) is 1. The van der Waals surface area contributed by atoms with E-state index in [0.29, 0.717) is 13.2 Å². The Balaban J connectivity index is 1.20. The number of hydrogen-bond donors (Lipinski definition) is 1. The van der Waals surface area contributed by atoms with Crippen LogP contribution >= 0.6 is 0 Å². The molecule has 2 heterocycles. The highest BCUT2D eigenvalue weighted by molar-refractivity contribution is 5.79. The molecule has 0 saturated carbocycles. The lowest BCUT2D eigenvalue weighted by Gasteiger charge is -2.31. The van der Waals surface area contributed by atoms with E-state index in [1.165, 1.54) is 11.1 Å². The number of amides is 1. The van der Waals surface area contributed by atoms with Crippen molar-refractivity contribution in [1.82, 2.24) is 15.5 Å². The lowest BCUT2D eigenvalue weighted by atomic mass is 9.96. The number of anilines is 1. The Kier molecular flexibility index (Phi) is 7.00. The summed E-state index contributed by atoms with van der Waals surface area (Å²) < 4.78 is 5.78. The molecule has 1 fully saturated rings. The molecule has 1 amide bonds. The standard InChI is InChI=1S/C26H30N4O2/c1-19-16-20(2)18-23(17-19)32-15-12-27-26(31)22-10-13-30(14-11-22)25-9-8-24(28-29-25)21-6-4-3-5-7-21/h3-9,16-18,22H,10-15H2,1-2H3,(H,27,31). The molecule has 6 nitrogen and oxygen atoms in total. The van der Waals surface area contributed by atoms with Crippen molar-refractivity contribution in [3.8, 4) is 17.0 Å². The molecule has 1 saturated heterocycles. The van der Waals surface area contributed by atoms with E-state index in [0.717, 1.165) is 48.8 Å². The van der Waals surface area contributed by atoms with Crippen molar-refractivity contribution in [3.63, 3.8) is 0 Å². The summed E-state index contributed by atoms with van der Waals surface area (Å²) in [5.41, 5.74) is 4.28. The Hall–Kier alpha value is -3.41. The van der Waals surface area contributed by atoms with Crippen LogP contribution in [-0.4, -0.2) is 42.3 Å². The molecule has 0 spiro atoms. The fourth-order valence-electron chi connectivity index (χ4n) is 4.13. The van der Waals surface area contributed by atoms with E-state index in [4.69, 9.17) is 4.74 Å². The van der Waals surface area contributed by atoms with Gasteiger partial charge >= 0.3 is 0 Å². The van der Waals surface area contributed by atoms with Crippen LogP contribution in [0.15, 0.2) is 60.7 Å². The molecule has 3 aromatic rings. The van der Waals surface area contributed by atoms with Crippen LogP contribution in [0.4, 0.5) is 5.82 Å². The summed E-state index contributed by atoms with van der Waals surface area (Å²) in [6.07, 6.45) is 1.62. The van der Waals surface area contributed by atoms with Crippen molar-refractivity contribution in [2.24, 2.45) is 5.92 Å². The van der Waals surface area contributed by atoms with E-state index in [-0.39, 0.29) is 11.8 Å². The summed E-state index contributed by atoms with van der Waals surface area (Å²) in [4.78, 5) is 14.8. The molecule has 0 bridgehead atoms. The molecule has 6 heteroatoms. The minimum atomic E-state index is 0.0315. The van der Waals surface area contributed by atoms with Gasteiger partial charge in [-0.3, -0.25) is 4.79 Å². The molecule has 1 aromatic heterocycles. The first-order chi connectivity index (χ1) is 15.6. The normalized spacial score (nSPS) is 14.2. The highest BCUT2D eigenvalue weighted by Gasteiger charge is 2.25. The molecular weight excluding hydrogens is 400 g/mol. The Morgan fingerprint density at radius 3 is 2.38 bits per heavy atom. The Bertz CT molecular complexity index is 1010. The Morgan fingerprint density at radius 2 is 1.72 bits per heavy atom. The number of hydrogen-bond acceptors (Lipinski definition) is 5. The zero-order chi connectivity index (χ0) is 22.3. The number of carbonyl (C=O) groups is 1. The Labute approximate surface area is 189 Å². The van der Waals surface area contributed by atoms with E-state index in [2.05, 4.69) is 40.3 Å². The second-order valence-electron chi connectivity index (χ2n) is 8.37. The third-order valence-electron chi connectivity index (χ3n) is 5.77. The number of rotatable bonds is 7. The maximum absolute atomic E-state index is 12.5. The minimum Gasteiger partial charge on any atom is -0.492 e. The summed E-state index contributed by atoms with van der Waals surface area (Å²) in [7, 11) is 0. The van der Waals surface area contributed by atoms with Crippen LogP contribution in [0.2, 0.25) is 0 Å². The van der Waals surface area contributed by atoms with E-state index in [9.17, 15) is 4.79 Å². The monoisotopic (exact) mass is 430 g/mol. The first-order valence-corrected chi connectivity index (χ1v) is 11.2. The van der Waals surface area contributed by atoms with Gasteiger partial charge < -0.3 is 15.0 Å². The molecule has 0 aliphatic carbocycles. The second kappa shape index (κ2) is 10.3. The molecule has 4 rings (SSSR count). The number of aryl methyl sites for hydroxylation is 2. The van der Waals surface area contributed by atoms with Gasteiger partial charge in [0, 0.05) is 24.6 Å². The van der Waals surface area contributed by atoms with E-state index < -0.39 is 0 Å². The summed E-state index contributed by atoms with van der Waals surface area (Å²) in [5, 5.41) is 11.8. The van der Waals surface area contributed by atoms with E-state index in [1.54, 1.807) is 0 Å². The van der Waals surface area contributed by atoms with Gasteiger partial charge in [-0.15, -0.1) is 10.2 Å². The van der Waals surface area contributed by atoms with Crippen LogP contribution in [0.1, 0.15) is 24.0 Å². The SMILES string of the molecule is Cc1cc(C)cc(OCCNC(=O)C2CCN(c3ccc(-c4ccccc4)nn3)CC2)c1. The van der Waals surface area contributed by atoms with Gasteiger partial charge in [-0.2, -0.15) is 0 Å². The molecule has 1 aliphatic heterocycles. The predicted octanol–water partition coefficient (Wildman–Crippen LogP) is 4.17. The fraction of sp³-hybridized carbons (Fsp3) is 0.346. The van der Waals surface area contributed by atoms with Crippen LogP contribution in [0.3, 0.4) is 0 Å². The van der Waals surface area contributed by atoms with Gasteiger partial charge in [-0.05, 0) is 62.1 Å². The molecule has 166 valence electrons. The van der Waals surface area contributed by atoms with Gasteiger partial charge in [0.2, 0.25) is 5.91 Å². The number of nitrogens with zero attached hydrogens (tertiary/aromatic N) is 3. The summed E-state index contributed by atoms with van der Waals surface area (Å²) in [6, 6.07) is 20.2. The van der Waals surface area contributed by atoms with Crippen molar-refractivity contribution in [3.05, 3.63) is 71.8 Å². The van der Waals surface area contributed by atoms with Gasteiger partial charge in [0.25, 0.3) is 0 Å². The van der Waals surface area contributed by atoms with Crippen LogP contribution < -0.4 is 15.0 Å². The average molecular weight is 431 g/mol. The smallest absolute Gasteiger partial charge is 0.223 e. The largest absolute Gasteiger partial charge is 0.492 e. The van der Waals surface area contributed by atoms with Crippen molar-refractivity contribution in [2.45, 2.75) is 26.7 Å². The summed E-state index contributed by atoms with van der Waals surface area (Å²) in [6.45, 7) is 6.69. The topological polar surface area (TPSA) is 67.3 Å². The average Bonchev–Trinajstić information content (AvgIpc) is 2.82. The van der Waals surface area contributed by atoms with Crippen LogP contribution in [0.5, 0.6) is 5.75 Å². The molecule has 2 aromatic carbocycles. The third-order valence-corrected chi connectivity index (χ3v) is 5.77. The van der Waals surface area contributed by atoms with Crippen molar-refractivity contribution >= 4 is 11.7 Å². The molecule has 0 atom stereocenters. The minimum absolute atomic E-state index is 0.0315. The van der Waals surface area contributed by atoms with Crippen LogP contribution in [0, 0.1) is 19.8 Å². The maximum atomic E-state index is 12.5. The number of aromatic nitrogens is 2. The maximum Gasteiger partial charge on any atom is 0.223 e. The lowest BCUT2D eigenvalue weighted by molar-refractivity contribution is -0.125. The zero-order valence-corrected chi connectivity index (χ0v) is 18.8. The summed E-state index contributed by atoms with van der Waals surface area (Å²) in [5.74, 6) is 1.86. The van der Waals surface area contributed by atoms with Gasteiger partial charge in [-0.25, -0.2) is 0 Å². The highest BCUT2D eigenvalue weighted by atomic mass is 16.5. The quantitative estimate of drug-likeness (QED) is 0.570. The molecule has 0 radical (unpaired) electrons. The second-order valence-corrected chi connectivity index (χ2v) is 8.37. The molecule has 0 unspecified atom stereocenters. The first-order valence-electron chi connectivity index (χ1n) is 11.2. The first kappa shape index (κ1) is 21.8. The number of benzene rings is 2. The van der Waals surface area contributed by atoms with Crippen molar-refractivity contribution < 1.29 is 9.53 Å². The molecule has 1 N–H and O–H groups in total. The summed E-state index contributed by atoms with van der Waals surface area (Å²) >= 11 is 0. The fourth-order valence-corrected chi connectivity index (χ4v) is 4.13. The lowest BCUT2D eigenvalue weighted by Crippen LogP contribution is -2.41. The number of ether oxygens (including phenoxy) is 1. The molecule has 32 heavy (non-hydrogen) atoms. The Morgan fingerprint density at radius 1 is 1.00 bits per heavy atom. The van der Waals surface area contributed by atoms with Crippen LogP contribution in [0.25, 0.3) is 11.3 Å². The number of piperidine rings is 1. The molecular formula is C26H30N4O2.